The number of rotatable bonds is 3. The van der Waals surface area contributed by atoms with Gasteiger partial charge in [-0.05, 0) is 31.9 Å². The molecule has 2 rings (SSSR count). The highest BCUT2D eigenvalue weighted by molar-refractivity contribution is 6.09. The van der Waals surface area contributed by atoms with Crippen molar-refractivity contribution < 1.29 is 9.59 Å². The summed E-state index contributed by atoms with van der Waals surface area (Å²) in [6.45, 7) is 6.46. The van der Waals surface area contributed by atoms with Crippen molar-refractivity contribution >= 4 is 17.4 Å². The lowest BCUT2D eigenvalue weighted by molar-refractivity contribution is -0.135. The molecule has 19 heavy (non-hydrogen) atoms. The molecule has 0 N–H and O–H groups in total. The molecule has 1 aromatic carbocycles. The Morgan fingerprint density at radius 2 is 1.89 bits per heavy atom. The number of aryl methyl sites for hydroxylation is 1. The molecule has 1 aliphatic heterocycles. The van der Waals surface area contributed by atoms with Gasteiger partial charge < -0.3 is 4.90 Å². The second-order valence-electron chi connectivity index (χ2n) is 5.58. The zero-order valence-electron chi connectivity index (χ0n) is 11.8. The van der Waals surface area contributed by atoms with Crippen LogP contribution in [0.2, 0.25) is 0 Å². The summed E-state index contributed by atoms with van der Waals surface area (Å²) in [5.74, 6) is -0.488. The molecule has 3 heteroatoms. The van der Waals surface area contributed by atoms with Crippen molar-refractivity contribution in [1.82, 2.24) is 0 Å². The van der Waals surface area contributed by atoms with Crippen LogP contribution in [0.15, 0.2) is 24.3 Å². The van der Waals surface area contributed by atoms with Crippen molar-refractivity contribution in [2.45, 2.75) is 33.6 Å². The highest BCUT2D eigenvalue weighted by Crippen LogP contribution is 2.26. The molecule has 1 aliphatic rings. The molecule has 1 heterocycles. The van der Waals surface area contributed by atoms with E-state index in [-0.39, 0.29) is 17.6 Å². The molecule has 0 radical (unpaired) electrons. The van der Waals surface area contributed by atoms with Gasteiger partial charge in [0, 0.05) is 18.2 Å². The third-order valence-electron chi connectivity index (χ3n) is 3.70. The number of hydrogen-bond donors (Lipinski definition) is 0. The van der Waals surface area contributed by atoms with Crippen molar-refractivity contribution in [3.63, 3.8) is 0 Å². The predicted octanol–water partition coefficient (Wildman–Crippen LogP) is 2.96. The number of benzene rings is 1. The quantitative estimate of drug-likeness (QED) is 0.783. The first-order chi connectivity index (χ1) is 9.00. The van der Waals surface area contributed by atoms with E-state index in [2.05, 4.69) is 0 Å². The largest absolute Gasteiger partial charge is 0.312 e. The van der Waals surface area contributed by atoms with E-state index >= 15 is 0 Å². The van der Waals surface area contributed by atoms with E-state index in [1.54, 1.807) is 4.90 Å². The Labute approximate surface area is 114 Å². The Morgan fingerprint density at radius 3 is 2.47 bits per heavy atom. The average molecular weight is 259 g/mol. The number of ketones is 1. The molecule has 0 aliphatic carbocycles. The number of anilines is 1. The lowest BCUT2D eigenvalue weighted by atomic mass is 9.87. The molecule has 102 valence electrons. The van der Waals surface area contributed by atoms with Gasteiger partial charge >= 0.3 is 0 Å². The van der Waals surface area contributed by atoms with E-state index < -0.39 is 5.92 Å². The van der Waals surface area contributed by atoms with E-state index in [0.717, 1.165) is 12.1 Å². The number of carbonyl (C=O) groups is 2. The summed E-state index contributed by atoms with van der Waals surface area (Å²) < 4.78 is 0. The third kappa shape index (κ3) is 2.86. The van der Waals surface area contributed by atoms with Crippen LogP contribution in [-0.2, 0) is 9.59 Å². The molecular weight excluding hydrogens is 238 g/mol. The maximum absolute atomic E-state index is 12.5. The molecule has 3 nitrogen and oxygen atoms in total. The molecule has 1 atom stereocenters. The van der Waals surface area contributed by atoms with E-state index in [0.29, 0.717) is 13.0 Å². The standard InChI is InChI=1S/C16H21NO2/c1-11(2)15(18)14-5-4-10-17(16(14)19)13-8-6-12(3)7-9-13/h6-9,11,14H,4-5,10H2,1-3H3/t14-/m0/s1. The van der Waals surface area contributed by atoms with Crippen LogP contribution in [-0.4, -0.2) is 18.2 Å². The fourth-order valence-corrected chi connectivity index (χ4v) is 2.52. The fraction of sp³-hybridized carbons (Fsp3) is 0.500. The number of amides is 1. The van der Waals surface area contributed by atoms with Gasteiger partial charge in [-0.15, -0.1) is 0 Å². The summed E-state index contributed by atoms with van der Waals surface area (Å²) in [6, 6.07) is 7.90. The summed E-state index contributed by atoms with van der Waals surface area (Å²) in [5.41, 5.74) is 2.07. The zero-order chi connectivity index (χ0) is 14.0. The van der Waals surface area contributed by atoms with Crippen LogP contribution in [0.3, 0.4) is 0 Å². The predicted molar refractivity (Wildman–Crippen MR) is 76.1 cm³/mol. The molecule has 1 saturated heterocycles. The van der Waals surface area contributed by atoms with Gasteiger partial charge in [-0.3, -0.25) is 9.59 Å². The Morgan fingerprint density at radius 1 is 1.26 bits per heavy atom. The number of hydrogen-bond acceptors (Lipinski definition) is 2. The SMILES string of the molecule is Cc1ccc(N2CCC[C@@H](C(=O)C(C)C)C2=O)cc1. The van der Waals surface area contributed by atoms with Crippen molar-refractivity contribution in [1.29, 1.82) is 0 Å². The van der Waals surface area contributed by atoms with Gasteiger partial charge in [0.15, 0.2) is 0 Å². The minimum Gasteiger partial charge on any atom is -0.312 e. The topological polar surface area (TPSA) is 37.4 Å². The first-order valence-corrected chi connectivity index (χ1v) is 6.92. The molecule has 0 spiro atoms. The zero-order valence-corrected chi connectivity index (χ0v) is 11.8. The van der Waals surface area contributed by atoms with Crippen molar-refractivity contribution in [2.24, 2.45) is 11.8 Å². The number of Topliss-reactive ketones (excluding diaryl/α,β-unsaturated/α-hetero) is 1. The van der Waals surface area contributed by atoms with E-state index in [4.69, 9.17) is 0 Å². The molecular formula is C16H21NO2. The van der Waals surface area contributed by atoms with Crippen LogP contribution in [0, 0.1) is 18.8 Å². The number of nitrogens with zero attached hydrogens (tertiary/aromatic N) is 1. The average Bonchev–Trinajstić information content (AvgIpc) is 2.39. The van der Waals surface area contributed by atoms with Crippen LogP contribution in [0.1, 0.15) is 32.3 Å². The molecule has 1 aromatic rings. The van der Waals surface area contributed by atoms with Crippen LogP contribution >= 0.6 is 0 Å². The smallest absolute Gasteiger partial charge is 0.237 e. The molecule has 0 aromatic heterocycles. The van der Waals surface area contributed by atoms with Gasteiger partial charge in [0.05, 0.1) is 5.92 Å². The highest BCUT2D eigenvalue weighted by Gasteiger charge is 2.35. The van der Waals surface area contributed by atoms with Crippen molar-refractivity contribution in [3.05, 3.63) is 29.8 Å². The van der Waals surface area contributed by atoms with Crippen LogP contribution in [0.25, 0.3) is 0 Å². The van der Waals surface area contributed by atoms with Gasteiger partial charge in [-0.25, -0.2) is 0 Å². The van der Waals surface area contributed by atoms with Gasteiger partial charge in [-0.2, -0.15) is 0 Å². The lowest BCUT2D eigenvalue weighted by Gasteiger charge is -2.32. The summed E-state index contributed by atoms with van der Waals surface area (Å²) >= 11 is 0. The van der Waals surface area contributed by atoms with Crippen LogP contribution in [0.4, 0.5) is 5.69 Å². The highest BCUT2D eigenvalue weighted by atomic mass is 16.2. The van der Waals surface area contributed by atoms with E-state index in [1.165, 1.54) is 5.56 Å². The first kappa shape index (κ1) is 13.8. The molecule has 0 saturated carbocycles. The first-order valence-electron chi connectivity index (χ1n) is 6.92. The summed E-state index contributed by atoms with van der Waals surface area (Å²) in [5, 5.41) is 0. The maximum atomic E-state index is 12.5. The Kier molecular flexibility index (Phi) is 4.03. The Hall–Kier alpha value is -1.64. The fourth-order valence-electron chi connectivity index (χ4n) is 2.52. The van der Waals surface area contributed by atoms with Gasteiger partial charge in [-0.1, -0.05) is 31.5 Å². The lowest BCUT2D eigenvalue weighted by Crippen LogP contribution is -2.45. The third-order valence-corrected chi connectivity index (χ3v) is 3.70. The summed E-state index contributed by atoms with van der Waals surface area (Å²) in [6.07, 6.45) is 1.58. The van der Waals surface area contributed by atoms with Gasteiger partial charge in [0.2, 0.25) is 5.91 Å². The van der Waals surface area contributed by atoms with Gasteiger partial charge in [0.1, 0.15) is 5.78 Å². The number of piperidine rings is 1. The second kappa shape index (κ2) is 5.55. The summed E-state index contributed by atoms with van der Waals surface area (Å²) in [4.78, 5) is 26.3. The minimum absolute atomic E-state index is 0.0335. The Bertz CT molecular complexity index is 476. The van der Waals surface area contributed by atoms with E-state index in [1.807, 2.05) is 45.0 Å². The van der Waals surface area contributed by atoms with E-state index in [9.17, 15) is 9.59 Å². The van der Waals surface area contributed by atoms with Crippen LogP contribution in [0.5, 0.6) is 0 Å². The maximum Gasteiger partial charge on any atom is 0.237 e. The van der Waals surface area contributed by atoms with Crippen molar-refractivity contribution in [2.75, 3.05) is 11.4 Å². The second-order valence-corrected chi connectivity index (χ2v) is 5.58. The monoisotopic (exact) mass is 259 g/mol. The minimum atomic E-state index is -0.449. The van der Waals surface area contributed by atoms with Crippen molar-refractivity contribution in [3.8, 4) is 0 Å². The normalized spacial score (nSPS) is 19.9. The molecule has 1 amide bonds. The Balaban J connectivity index is 2.21. The molecule has 0 unspecified atom stereocenters. The number of carbonyl (C=O) groups excluding carboxylic acids is 2. The summed E-state index contributed by atoms with van der Waals surface area (Å²) in [7, 11) is 0. The molecule has 1 fully saturated rings. The van der Waals surface area contributed by atoms with Crippen LogP contribution < -0.4 is 4.90 Å². The molecule has 0 bridgehead atoms. The van der Waals surface area contributed by atoms with Gasteiger partial charge in [0.25, 0.3) is 0 Å².